The minimum Gasteiger partial charge on any atom is -0.0727 e. The topological polar surface area (TPSA) is 0 Å². The summed E-state index contributed by atoms with van der Waals surface area (Å²) in [4.78, 5) is 0. The lowest BCUT2D eigenvalue weighted by atomic mass is 10.1. The molecule has 0 saturated heterocycles. The SMILES string of the molecule is CCCC(C)=Cc1c[c]ccc1. The fourth-order valence-corrected chi connectivity index (χ4v) is 1.25. The zero-order valence-electron chi connectivity index (χ0n) is 7.80. The Labute approximate surface area is 74.9 Å². The molecule has 1 aromatic rings. The molecule has 0 aliphatic heterocycles. The van der Waals surface area contributed by atoms with Crippen LogP contribution in [0, 0.1) is 6.07 Å². The number of hydrogen-bond donors (Lipinski definition) is 0. The Morgan fingerprint density at radius 2 is 2.42 bits per heavy atom. The number of hydrogen-bond acceptors (Lipinski definition) is 0. The van der Waals surface area contributed by atoms with Crippen molar-refractivity contribution in [3.05, 3.63) is 41.5 Å². The predicted octanol–water partition coefficient (Wildman–Crippen LogP) is 3.69. The van der Waals surface area contributed by atoms with Crippen molar-refractivity contribution in [1.29, 1.82) is 0 Å². The van der Waals surface area contributed by atoms with Gasteiger partial charge in [0.05, 0.1) is 0 Å². The Morgan fingerprint density at radius 1 is 1.58 bits per heavy atom. The van der Waals surface area contributed by atoms with E-state index in [0.29, 0.717) is 0 Å². The van der Waals surface area contributed by atoms with Gasteiger partial charge in [0.15, 0.2) is 0 Å². The molecule has 0 atom stereocenters. The van der Waals surface area contributed by atoms with Crippen molar-refractivity contribution in [3.63, 3.8) is 0 Å². The van der Waals surface area contributed by atoms with Crippen LogP contribution >= 0.6 is 0 Å². The predicted molar refractivity (Wildman–Crippen MR) is 53.8 cm³/mol. The van der Waals surface area contributed by atoms with Crippen LogP contribution < -0.4 is 0 Å². The Bertz CT molecular complexity index is 244. The summed E-state index contributed by atoms with van der Waals surface area (Å²) in [6.45, 7) is 4.38. The zero-order chi connectivity index (χ0) is 8.81. The first-order valence-corrected chi connectivity index (χ1v) is 4.46. The third kappa shape index (κ3) is 2.91. The number of benzene rings is 1. The fraction of sp³-hybridized carbons (Fsp3) is 0.333. The maximum absolute atomic E-state index is 3.06. The number of rotatable bonds is 3. The van der Waals surface area contributed by atoms with Gasteiger partial charge < -0.3 is 0 Å². The second kappa shape index (κ2) is 4.76. The van der Waals surface area contributed by atoms with E-state index >= 15 is 0 Å². The summed E-state index contributed by atoms with van der Waals surface area (Å²) < 4.78 is 0. The van der Waals surface area contributed by atoms with Crippen molar-refractivity contribution < 1.29 is 0 Å². The van der Waals surface area contributed by atoms with Gasteiger partial charge in [0, 0.05) is 0 Å². The molecular weight excluding hydrogens is 144 g/mol. The van der Waals surface area contributed by atoms with Crippen LogP contribution in [0.5, 0.6) is 0 Å². The first kappa shape index (κ1) is 9.05. The third-order valence-corrected chi connectivity index (χ3v) is 1.79. The summed E-state index contributed by atoms with van der Waals surface area (Å²) in [6.07, 6.45) is 4.63. The van der Waals surface area contributed by atoms with E-state index in [1.807, 2.05) is 18.2 Å². The molecule has 0 nitrogen and oxygen atoms in total. The van der Waals surface area contributed by atoms with Crippen molar-refractivity contribution in [1.82, 2.24) is 0 Å². The van der Waals surface area contributed by atoms with Gasteiger partial charge in [-0.05, 0) is 31.0 Å². The summed E-state index contributed by atoms with van der Waals surface area (Å²) in [6, 6.07) is 11.1. The van der Waals surface area contributed by atoms with Crippen molar-refractivity contribution in [2.24, 2.45) is 0 Å². The average molecular weight is 159 g/mol. The van der Waals surface area contributed by atoms with Crippen LogP contribution in [0.1, 0.15) is 32.3 Å². The van der Waals surface area contributed by atoms with Crippen molar-refractivity contribution in [2.45, 2.75) is 26.7 Å². The monoisotopic (exact) mass is 159 g/mol. The summed E-state index contributed by atoms with van der Waals surface area (Å²) in [5, 5.41) is 0. The van der Waals surface area contributed by atoms with Gasteiger partial charge >= 0.3 is 0 Å². The Morgan fingerprint density at radius 3 is 3.00 bits per heavy atom. The minimum absolute atomic E-state index is 1.19. The number of allylic oxidation sites excluding steroid dienone is 1. The smallest absolute Gasteiger partial charge is 0.0178 e. The fourth-order valence-electron chi connectivity index (χ4n) is 1.25. The zero-order valence-corrected chi connectivity index (χ0v) is 7.80. The molecule has 0 aliphatic carbocycles. The lowest BCUT2D eigenvalue weighted by Crippen LogP contribution is -1.76. The standard InChI is InChI=1S/C12H15/c1-3-7-11(2)10-12-8-5-4-6-9-12/h4-5,8-10H,3,7H2,1-2H3. The molecule has 1 aromatic carbocycles. The van der Waals surface area contributed by atoms with Gasteiger partial charge in [-0.25, -0.2) is 0 Å². The first-order chi connectivity index (χ1) is 5.83. The van der Waals surface area contributed by atoms with Crippen LogP contribution in [-0.2, 0) is 0 Å². The molecule has 0 heteroatoms. The highest BCUT2D eigenvalue weighted by Crippen LogP contribution is 2.09. The highest BCUT2D eigenvalue weighted by molar-refractivity contribution is 5.51. The van der Waals surface area contributed by atoms with Gasteiger partial charge in [-0.3, -0.25) is 0 Å². The molecule has 1 radical (unpaired) electrons. The highest BCUT2D eigenvalue weighted by atomic mass is 13.9. The van der Waals surface area contributed by atoms with Crippen LogP contribution in [0.25, 0.3) is 6.08 Å². The molecule has 0 spiro atoms. The minimum atomic E-state index is 1.19. The van der Waals surface area contributed by atoms with Crippen LogP contribution in [-0.4, -0.2) is 0 Å². The molecule has 0 N–H and O–H groups in total. The summed E-state index contributed by atoms with van der Waals surface area (Å²) in [5.74, 6) is 0. The van der Waals surface area contributed by atoms with E-state index in [1.165, 1.54) is 24.0 Å². The highest BCUT2D eigenvalue weighted by Gasteiger charge is 1.88. The molecular formula is C12H15. The van der Waals surface area contributed by atoms with Crippen molar-refractivity contribution in [3.8, 4) is 0 Å². The van der Waals surface area contributed by atoms with Crippen LogP contribution in [0.2, 0.25) is 0 Å². The van der Waals surface area contributed by atoms with E-state index in [2.05, 4.69) is 32.1 Å². The van der Waals surface area contributed by atoms with Crippen molar-refractivity contribution >= 4 is 6.08 Å². The summed E-state index contributed by atoms with van der Waals surface area (Å²) in [5.41, 5.74) is 2.69. The summed E-state index contributed by atoms with van der Waals surface area (Å²) in [7, 11) is 0. The van der Waals surface area contributed by atoms with Gasteiger partial charge in [-0.15, -0.1) is 0 Å². The lowest BCUT2D eigenvalue weighted by Gasteiger charge is -1.97. The Kier molecular flexibility index (Phi) is 3.59. The molecule has 12 heavy (non-hydrogen) atoms. The first-order valence-electron chi connectivity index (χ1n) is 4.46. The van der Waals surface area contributed by atoms with Crippen LogP contribution in [0.4, 0.5) is 0 Å². The van der Waals surface area contributed by atoms with Gasteiger partial charge in [-0.2, -0.15) is 0 Å². The molecule has 0 amide bonds. The molecule has 0 fully saturated rings. The molecule has 0 unspecified atom stereocenters. The van der Waals surface area contributed by atoms with E-state index in [-0.39, 0.29) is 0 Å². The normalized spacial score (nSPS) is 11.7. The van der Waals surface area contributed by atoms with Gasteiger partial charge in [0.1, 0.15) is 0 Å². The largest absolute Gasteiger partial charge is 0.0727 e. The van der Waals surface area contributed by atoms with Gasteiger partial charge in [0.25, 0.3) is 0 Å². The third-order valence-electron chi connectivity index (χ3n) is 1.79. The van der Waals surface area contributed by atoms with E-state index in [4.69, 9.17) is 0 Å². The second-order valence-electron chi connectivity index (χ2n) is 3.08. The molecule has 63 valence electrons. The van der Waals surface area contributed by atoms with Gasteiger partial charge in [-0.1, -0.05) is 43.2 Å². The van der Waals surface area contributed by atoms with Crippen LogP contribution in [0.3, 0.4) is 0 Å². The van der Waals surface area contributed by atoms with E-state index in [0.717, 1.165) is 0 Å². The molecule has 0 aliphatic rings. The maximum atomic E-state index is 3.06. The average Bonchev–Trinajstić information content (AvgIpc) is 2.06. The molecule has 0 bridgehead atoms. The van der Waals surface area contributed by atoms with Crippen LogP contribution in [0.15, 0.2) is 29.8 Å². The van der Waals surface area contributed by atoms with E-state index < -0.39 is 0 Å². The van der Waals surface area contributed by atoms with Gasteiger partial charge in [0.2, 0.25) is 0 Å². The van der Waals surface area contributed by atoms with E-state index in [1.54, 1.807) is 0 Å². The molecule has 0 saturated carbocycles. The van der Waals surface area contributed by atoms with Crippen molar-refractivity contribution in [2.75, 3.05) is 0 Å². The lowest BCUT2D eigenvalue weighted by molar-refractivity contribution is 0.912. The Hall–Kier alpha value is -1.04. The Balaban J connectivity index is 2.67. The van der Waals surface area contributed by atoms with E-state index in [9.17, 15) is 0 Å². The second-order valence-corrected chi connectivity index (χ2v) is 3.08. The molecule has 0 aromatic heterocycles. The molecule has 0 heterocycles. The quantitative estimate of drug-likeness (QED) is 0.631. The summed E-state index contributed by atoms with van der Waals surface area (Å²) >= 11 is 0. The molecule has 1 rings (SSSR count). The maximum Gasteiger partial charge on any atom is -0.0178 e.